The van der Waals surface area contributed by atoms with Crippen molar-refractivity contribution in [2.24, 2.45) is 29.6 Å². The summed E-state index contributed by atoms with van der Waals surface area (Å²) in [5.41, 5.74) is 1.10. The molecular formula is C20H18N2O7. The number of hydroxylamine groups is 4. The Hall–Kier alpha value is -3.04. The first-order chi connectivity index (χ1) is 13.8. The van der Waals surface area contributed by atoms with Crippen molar-refractivity contribution in [1.82, 2.24) is 10.1 Å². The number of para-hydroxylation sites is 1. The van der Waals surface area contributed by atoms with E-state index in [1.54, 1.807) is 24.3 Å². The number of carbonyl (C=O) groups excluding carboxylic acids is 4. The molecule has 1 aromatic rings. The van der Waals surface area contributed by atoms with E-state index in [2.05, 4.69) is 0 Å². The number of hydrogen-bond donors (Lipinski definition) is 3. The Morgan fingerprint density at radius 2 is 1.41 bits per heavy atom. The molecule has 2 heterocycles. The Morgan fingerprint density at radius 3 is 2.10 bits per heavy atom. The number of fused-ring (bicyclic) bond motifs is 4. The zero-order chi connectivity index (χ0) is 20.6. The average Bonchev–Trinajstić information content (AvgIpc) is 3.07. The highest BCUT2D eigenvalue weighted by atomic mass is 16.5. The lowest BCUT2D eigenvalue weighted by Gasteiger charge is -2.43. The average molecular weight is 398 g/mol. The van der Waals surface area contributed by atoms with Gasteiger partial charge in [-0.1, -0.05) is 29.8 Å². The number of rotatable bonds is 1. The lowest BCUT2D eigenvalue weighted by Crippen LogP contribution is -2.43. The number of carbonyl (C=O) groups is 4. The van der Waals surface area contributed by atoms with Gasteiger partial charge in [-0.2, -0.15) is 10.1 Å². The van der Waals surface area contributed by atoms with Crippen LogP contribution in [0.5, 0.6) is 5.75 Å². The molecule has 2 aliphatic heterocycles. The lowest BCUT2D eigenvalue weighted by atomic mass is 9.57. The van der Waals surface area contributed by atoms with Crippen molar-refractivity contribution in [3.63, 3.8) is 0 Å². The van der Waals surface area contributed by atoms with Crippen LogP contribution in [0.2, 0.25) is 0 Å². The van der Waals surface area contributed by atoms with Crippen molar-refractivity contribution in [2.45, 2.75) is 18.8 Å². The molecule has 0 aromatic heterocycles. The summed E-state index contributed by atoms with van der Waals surface area (Å²) in [4.78, 5) is 50.1. The van der Waals surface area contributed by atoms with Crippen LogP contribution in [-0.4, -0.2) is 49.3 Å². The third-order valence-corrected chi connectivity index (χ3v) is 6.87. The van der Waals surface area contributed by atoms with E-state index in [1.807, 2.05) is 0 Å². The topological polar surface area (TPSA) is 135 Å². The van der Waals surface area contributed by atoms with E-state index >= 15 is 0 Å². The third kappa shape index (κ3) is 2.22. The molecule has 29 heavy (non-hydrogen) atoms. The van der Waals surface area contributed by atoms with Crippen molar-refractivity contribution in [3.05, 3.63) is 41.5 Å². The second kappa shape index (κ2) is 5.98. The first-order valence-corrected chi connectivity index (χ1v) is 9.44. The molecule has 0 unspecified atom stereocenters. The first kappa shape index (κ1) is 18.0. The van der Waals surface area contributed by atoms with Gasteiger partial charge in [0.25, 0.3) is 23.6 Å². The number of amides is 4. The van der Waals surface area contributed by atoms with Crippen molar-refractivity contribution in [1.29, 1.82) is 0 Å². The van der Waals surface area contributed by atoms with Crippen LogP contribution in [-0.2, 0) is 19.2 Å². The van der Waals surface area contributed by atoms with Crippen LogP contribution in [0.1, 0.15) is 24.3 Å². The quantitative estimate of drug-likeness (QED) is 0.362. The van der Waals surface area contributed by atoms with Gasteiger partial charge in [-0.05, 0) is 24.8 Å². The summed E-state index contributed by atoms with van der Waals surface area (Å²) in [7, 11) is 0. The number of phenolic OH excluding ortho intramolecular Hbond substituents is 1. The van der Waals surface area contributed by atoms with Crippen LogP contribution in [0, 0.1) is 29.6 Å². The van der Waals surface area contributed by atoms with Crippen molar-refractivity contribution < 1.29 is 34.7 Å². The fourth-order valence-corrected chi connectivity index (χ4v) is 5.65. The predicted molar refractivity (Wildman–Crippen MR) is 92.9 cm³/mol. The molecule has 6 atom stereocenters. The predicted octanol–water partition coefficient (Wildman–Crippen LogP) is 0.807. The van der Waals surface area contributed by atoms with Crippen LogP contribution >= 0.6 is 0 Å². The van der Waals surface area contributed by atoms with E-state index in [4.69, 9.17) is 0 Å². The molecular weight excluding hydrogens is 380 g/mol. The van der Waals surface area contributed by atoms with Gasteiger partial charge in [-0.15, -0.1) is 0 Å². The molecule has 4 amide bonds. The maximum atomic E-state index is 12.7. The molecule has 1 aromatic carbocycles. The normalized spacial score (nSPS) is 36.1. The Kier molecular flexibility index (Phi) is 3.71. The fraction of sp³-hybridized carbons (Fsp3) is 0.400. The van der Waals surface area contributed by atoms with Gasteiger partial charge in [0.1, 0.15) is 5.75 Å². The van der Waals surface area contributed by atoms with Gasteiger partial charge in [0.2, 0.25) is 0 Å². The van der Waals surface area contributed by atoms with Crippen molar-refractivity contribution in [2.75, 3.05) is 0 Å². The molecule has 5 rings (SSSR count). The second-order valence-corrected chi connectivity index (χ2v) is 8.06. The summed E-state index contributed by atoms with van der Waals surface area (Å²) in [5, 5.41) is 30.5. The molecule has 150 valence electrons. The zero-order valence-corrected chi connectivity index (χ0v) is 15.1. The molecule has 2 saturated heterocycles. The largest absolute Gasteiger partial charge is 0.508 e. The Labute approximate surface area is 164 Å². The lowest BCUT2D eigenvalue weighted by molar-refractivity contribution is -0.174. The minimum atomic E-state index is -0.905. The monoisotopic (exact) mass is 398 g/mol. The van der Waals surface area contributed by atoms with Gasteiger partial charge < -0.3 is 5.11 Å². The summed E-state index contributed by atoms with van der Waals surface area (Å²) in [6.07, 6.45) is 2.10. The van der Waals surface area contributed by atoms with Crippen molar-refractivity contribution in [3.8, 4) is 5.75 Å². The van der Waals surface area contributed by atoms with Crippen molar-refractivity contribution >= 4 is 23.6 Å². The number of nitrogens with zero attached hydrogens (tertiary/aromatic N) is 2. The first-order valence-electron chi connectivity index (χ1n) is 9.44. The number of allylic oxidation sites excluding steroid dienone is 2. The molecule has 9 heteroatoms. The van der Waals surface area contributed by atoms with Gasteiger partial charge in [-0.25, -0.2) is 0 Å². The van der Waals surface area contributed by atoms with E-state index in [0.717, 1.165) is 0 Å². The molecule has 0 bridgehead atoms. The molecule has 2 aliphatic carbocycles. The SMILES string of the molecule is O=C1[C@H]2[C@H](CC=C3[C@H]2C[C@H]2C(=O)N(O)C(=O)[C@H]2[C@H]3c2ccccc2O)C(=O)N1O. The maximum absolute atomic E-state index is 12.7. The molecule has 0 radical (unpaired) electrons. The fourth-order valence-electron chi connectivity index (χ4n) is 5.65. The Morgan fingerprint density at radius 1 is 0.793 bits per heavy atom. The second-order valence-electron chi connectivity index (χ2n) is 8.06. The summed E-state index contributed by atoms with van der Waals surface area (Å²) in [5.74, 6) is -7.57. The minimum absolute atomic E-state index is 0.0610. The highest BCUT2D eigenvalue weighted by Crippen LogP contribution is 2.58. The van der Waals surface area contributed by atoms with Gasteiger partial charge in [0, 0.05) is 11.5 Å². The number of benzene rings is 1. The number of aromatic hydroxyl groups is 1. The maximum Gasteiger partial charge on any atom is 0.258 e. The minimum Gasteiger partial charge on any atom is -0.508 e. The van der Waals surface area contributed by atoms with Crippen LogP contribution in [0.25, 0.3) is 0 Å². The van der Waals surface area contributed by atoms with E-state index in [9.17, 15) is 34.7 Å². The summed E-state index contributed by atoms with van der Waals surface area (Å²) < 4.78 is 0. The van der Waals surface area contributed by atoms with Gasteiger partial charge in [-0.3, -0.25) is 29.6 Å². The molecule has 3 N–H and O–H groups in total. The van der Waals surface area contributed by atoms with Crippen LogP contribution in [0.3, 0.4) is 0 Å². The summed E-state index contributed by atoms with van der Waals surface area (Å²) in [6, 6.07) is 6.43. The number of imide groups is 2. The zero-order valence-electron chi connectivity index (χ0n) is 15.1. The molecule has 9 nitrogen and oxygen atoms in total. The molecule has 1 saturated carbocycles. The van der Waals surface area contributed by atoms with Crippen LogP contribution in [0.15, 0.2) is 35.9 Å². The Bertz CT molecular complexity index is 1000. The molecule has 4 aliphatic rings. The standard InChI is InChI=1S/C20H18N2O7/c23-13-4-2-1-3-9(13)14-8-5-6-10-15(19(26)21(28)17(10)24)11(8)7-12-16(14)20(27)22(29)18(12)25/h1-5,10-12,14-16,23,28-29H,6-7H2/t10-,11+,12+,14+,15-,16+/m0/s1. The smallest absolute Gasteiger partial charge is 0.258 e. The highest BCUT2D eigenvalue weighted by molar-refractivity contribution is 6.06. The highest BCUT2D eigenvalue weighted by Gasteiger charge is 2.62. The van der Waals surface area contributed by atoms with E-state index in [0.29, 0.717) is 11.1 Å². The molecule has 0 spiro atoms. The molecule has 3 fully saturated rings. The van der Waals surface area contributed by atoms with Crippen LogP contribution in [0.4, 0.5) is 0 Å². The van der Waals surface area contributed by atoms with E-state index in [-0.39, 0.29) is 28.7 Å². The summed E-state index contributed by atoms with van der Waals surface area (Å²) >= 11 is 0. The number of hydrogen-bond acceptors (Lipinski definition) is 7. The summed E-state index contributed by atoms with van der Waals surface area (Å²) in [6.45, 7) is 0. The van der Waals surface area contributed by atoms with E-state index < -0.39 is 59.1 Å². The third-order valence-electron chi connectivity index (χ3n) is 6.87. The van der Waals surface area contributed by atoms with Gasteiger partial charge in [0.05, 0.1) is 23.7 Å². The van der Waals surface area contributed by atoms with Gasteiger partial charge >= 0.3 is 0 Å². The van der Waals surface area contributed by atoms with Gasteiger partial charge in [0.15, 0.2) is 0 Å². The van der Waals surface area contributed by atoms with Crippen LogP contribution < -0.4 is 0 Å². The Balaban J connectivity index is 1.68. The van der Waals surface area contributed by atoms with E-state index in [1.165, 1.54) is 6.07 Å². The number of phenols is 1.